The molecule has 0 saturated heterocycles. The Labute approximate surface area is 122 Å². The highest BCUT2D eigenvalue weighted by atomic mass is 79.9. The van der Waals surface area contributed by atoms with Gasteiger partial charge in [0.1, 0.15) is 4.60 Å². The lowest BCUT2D eigenvalue weighted by atomic mass is 9.79. The van der Waals surface area contributed by atoms with Crippen LogP contribution in [0.2, 0.25) is 0 Å². The van der Waals surface area contributed by atoms with E-state index in [1.807, 2.05) is 12.1 Å². The van der Waals surface area contributed by atoms with E-state index in [0.717, 1.165) is 25.7 Å². The van der Waals surface area contributed by atoms with Crippen molar-refractivity contribution in [1.29, 1.82) is 0 Å². The molecule has 0 aliphatic heterocycles. The molecule has 2 rings (SSSR count). The SMILES string of the molecule is NCC1(C(=O)Nc2cccnc2Br)CCCCCC1. The lowest BCUT2D eigenvalue weighted by molar-refractivity contribution is -0.125. The Morgan fingerprint density at radius 1 is 1.37 bits per heavy atom. The molecule has 1 aromatic heterocycles. The Morgan fingerprint density at radius 2 is 2.05 bits per heavy atom. The van der Waals surface area contributed by atoms with Gasteiger partial charge in [-0.1, -0.05) is 25.7 Å². The van der Waals surface area contributed by atoms with Gasteiger partial charge in [0.05, 0.1) is 11.1 Å². The smallest absolute Gasteiger partial charge is 0.231 e. The number of nitrogens with zero attached hydrogens (tertiary/aromatic N) is 1. The molecule has 3 N–H and O–H groups in total. The van der Waals surface area contributed by atoms with Crippen molar-refractivity contribution in [2.45, 2.75) is 38.5 Å². The van der Waals surface area contributed by atoms with Crippen molar-refractivity contribution >= 4 is 27.5 Å². The number of amides is 1. The fourth-order valence-electron chi connectivity index (χ4n) is 2.66. The van der Waals surface area contributed by atoms with E-state index in [0.29, 0.717) is 16.8 Å². The molecule has 1 amide bonds. The molecule has 1 aliphatic rings. The first-order valence-corrected chi connectivity index (χ1v) is 7.59. The third-order valence-electron chi connectivity index (χ3n) is 3.94. The van der Waals surface area contributed by atoms with E-state index >= 15 is 0 Å². The van der Waals surface area contributed by atoms with Crippen LogP contribution in [-0.2, 0) is 4.79 Å². The minimum Gasteiger partial charge on any atom is -0.329 e. The molecule has 4 nitrogen and oxygen atoms in total. The zero-order valence-electron chi connectivity index (χ0n) is 11.0. The zero-order valence-corrected chi connectivity index (χ0v) is 12.6. The van der Waals surface area contributed by atoms with Crippen molar-refractivity contribution in [3.8, 4) is 0 Å². The number of carbonyl (C=O) groups is 1. The van der Waals surface area contributed by atoms with E-state index in [1.54, 1.807) is 6.20 Å². The fourth-order valence-corrected chi connectivity index (χ4v) is 3.01. The molecule has 0 bridgehead atoms. The van der Waals surface area contributed by atoms with E-state index in [9.17, 15) is 4.79 Å². The number of halogens is 1. The standard InChI is InChI=1S/C14H20BrN3O/c15-12-11(6-5-9-17-12)18-13(19)14(10-16)7-3-1-2-4-8-14/h5-6,9H,1-4,7-8,10,16H2,(H,18,19). The van der Waals surface area contributed by atoms with Gasteiger partial charge in [0, 0.05) is 12.7 Å². The van der Waals surface area contributed by atoms with Crippen molar-refractivity contribution in [3.05, 3.63) is 22.9 Å². The Morgan fingerprint density at radius 3 is 2.63 bits per heavy atom. The Balaban J connectivity index is 2.14. The van der Waals surface area contributed by atoms with Gasteiger partial charge in [-0.2, -0.15) is 0 Å². The number of rotatable bonds is 3. The molecule has 0 unspecified atom stereocenters. The fraction of sp³-hybridized carbons (Fsp3) is 0.571. The number of carbonyl (C=O) groups excluding carboxylic acids is 1. The second-order valence-electron chi connectivity index (χ2n) is 5.19. The molecule has 19 heavy (non-hydrogen) atoms. The molecule has 1 saturated carbocycles. The lowest BCUT2D eigenvalue weighted by Crippen LogP contribution is -2.42. The summed E-state index contributed by atoms with van der Waals surface area (Å²) in [4.78, 5) is 16.7. The molecular formula is C14H20BrN3O. The minimum atomic E-state index is -0.411. The van der Waals surface area contributed by atoms with Crippen LogP contribution in [0.1, 0.15) is 38.5 Å². The van der Waals surface area contributed by atoms with Crippen LogP contribution in [0.4, 0.5) is 5.69 Å². The number of aromatic nitrogens is 1. The maximum absolute atomic E-state index is 12.6. The maximum Gasteiger partial charge on any atom is 0.231 e. The Kier molecular flexibility index (Phi) is 4.93. The van der Waals surface area contributed by atoms with Gasteiger partial charge in [-0.05, 0) is 40.9 Å². The van der Waals surface area contributed by atoms with Crippen LogP contribution in [0.5, 0.6) is 0 Å². The molecule has 104 valence electrons. The van der Waals surface area contributed by atoms with E-state index in [2.05, 4.69) is 26.2 Å². The van der Waals surface area contributed by atoms with Gasteiger partial charge < -0.3 is 11.1 Å². The molecule has 1 aromatic rings. The topological polar surface area (TPSA) is 68.0 Å². The van der Waals surface area contributed by atoms with Gasteiger partial charge in [-0.15, -0.1) is 0 Å². The first-order valence-electron chi connectivity index (χ1n) is 6.80. The summed E-state index contributed by atoms with van der Waals surface area (Å²) in [7, 11) is 0. The van der Waals surface area contributed by atoms with Gasteiger partial charge in [0.2, 0.25) is 5.91 Å². The van der Waals surface area contributed by atoms with Gasteiger partial charge >= 0.3 is 0 Å². The van der Waals surface area contributed by atoms with Gasteiger partial charge in [0.25, 0.3) is 0 Å². The van der Waals surface area contributed by atoms with Gasteiger partial charge in [-0.25, -0.2) is 4.98 Å². The largest absolute Gasteiger partial charge is 0.329 e. The molecule has 1 aliphatic carbocycles. The van der Waals surface area contributed by atoms with Gasteiger partial charge in [-0.3, -0.25) is 4.79 Å². The molecular weight excluding hydrogens is 306 g/mol. The third-order valence-corrected chi connectivity index (χ3v) is 4.57. The summed E-state index contributed by atoms with van der Waals surface area (Å²) in [6.45, 7) is 0.413. The summed E-state index contributed by atoms with van der Waals surface area (Å²) >= 11 is 3.35. The van der Waals surface area contributed by atoms with Crippen molar-refractivity contribution in [1.82, 2.24) is 4.98 Å². The molecule has 1 fully saturated rings. The summed E-state index contributed by atoms with van der Waals surface area (Å²) in [6.07, 6.45) is 8.01. The lowest BCUT2D eigenvalue weighted by Gasteiger charge is -2.29. The second kappa shape index (κ2) is 6.48. The zero-order chi connectivity index (χ0) is 13.7. The number of anilines is 1. The number of hydrogen-bond acceptors (Lipinski definition) is 3. The van der Waals surface area contributed by atoms with E-state index in [-0.39, 0.29) is 5.91 Å². The van der Waals surface area contributed by atoms with Crippen molar-refractivity contribution in [2.75, 3.05) is 11.9 Å². The predicted octanol–water partition coefficient (Wildman–Crippen LogP) is 3.08. The van der Waals surface area contributed by atoms with Gasteiger partial charge in [0.15, 0.2) is 0 Å². The van der Waals surface area contributed by atoms with E-state index in [4.69, 9.17) is 5.73 Å². The summed E-state index contributed by atoms with van der Waals surface area (Å²) in [5.74, 6) is 0.0330. The van der Waals surface area contributed by atoms with Crippen LogP contribution in [0.3, 0.4) is 0 Å². The quantitative estimate of drug-likeness (QED) is 0.662. The highest BCUT2D eigenvalue weighted by Crippen LogP contribution is 2.35. The number of nitrogens with two attached hydrogens (primary N) is 1. The van der Waals surface area contributed by atoms with Crippen LogP contribution in [-0.4, -0.2) is 17.4 Å². The summed E-state index contributed by atoms with van der Waals surface area (Å²) in [6, 6.07) is 3.65. The van der Waals surface area contributed by atoms with Crippen LogP contribution < -0.4 is 11.1 Å². The summed E-state index contributed by atoms with van der Waals surface area (Å²) in [5, 5.41) is 2.97. The molecule has 5 heteroatoms. The highest BCUT2D eigenvalue weighted by molar-refractivity contribution is 9.10. The van der Waals surface area contributed by atoms with Crippen LogP contribution in [0, 0.1) is 5.41 Å². The molecule has 0 spiro atoms. The van der Waals surface area contributed by atoms with Crippen LogP contribution >= 0.6 is 15.9 Å². The molecule has 0 aromatic carbocycles. The van der Waals surface area contributed by atoms with Crippen LogP contribution in [0.15, 0.2) is 22.9 Å². The molecule has 0 atom stereocenters. The average molecular weight is 326 g/mol. The number of hydrogen-bond donors (Lipinski definition) is 2. The summed E-state index contributed by atoms with van der Waals surface area (Å²) in [5.41, 5.74) is 6.21. The molecule has 1 heterocycles. The van der Waals surface area contributed by atoms with Crippen molar-refractivity contribution in [2.24, 2.45) is 11.1 Å². The van der Waals surface area contributed by atoms with Crippen molar-refractivity contribution < 1.29 is 4.79 Å². The highest BCUT2D eigenvalue weighted by Gasteiger charge is 2.37. The first-order chi connectivity index (χ1) is 9.18. The van der Waals surface area contributed by atoms with E-state index in [1.165, 1.54) is 12.8 Å². The first kappa shape index (κ1) is 14.5. The second-order valence-corrected chi connectivity index (χ2v) is 5.95. The minimum absolute atomic E-state index is 0.0330. The third kappa shape index (κ3) is 3.34. The average Bonchev–Trinajstić information content (AvgIpc) is 2.67. The number of pyridine rings is 1. The number of nitrogens with one attached hydrogen (secondary N) is 1. The van der Waals surface area contributed by atoms with Crippen molar-refractivity contribution in [3.63, 3.8) is 0 Å². The Bertz CT molecular complexity index is 442. The van der Waals surface area contributed by atoms with E-state index < -0.39 is 5.41 Å². The summed E-state index contributed by atoms with van der Waals surface area (Å²) < 4.78 is 0.657. The maximum atomic E-state index is 12.6. The predicted molar refractivity (Wildman–Crippen MR) is 79.8 cm³/mol. The Hall–Kier alpha value is -0.940. The normalized spacial score (nSPS) is 18.6. The molecule has 0 radical (unpaired) electrons. The monoisotopic (exact) mass is 325 g/mol. The van der Waals surface area contributed by atoms with Crippen LogP contribution in [0.25, 0.3) is 0 Å².